The average Bonchev–Trinajstić information content (AvgIpc) is 3.39. The Morgan fingerprint density at radius 2 is 0.493 bits per heavy atom. The average molecular weight is 1030 g/mol. The highest BCUT2D eigenvalue weighted by atomic mass is 16.6. The van der Waals surface area contributed by atoms with E-state index in [9.17, 15) is 14.4 Å². The van der Waals surface area contributed by atoms with Crippen molar-refractivity contribution < 1.29 is 28.6 Å². The molecule has 428 valence electrons. The van der Waals surface area contributed by atoms with Crippen molar-refractivity contribution in [3.05, 3.63) is 36.5 Å². The number of allylic oxidation sites excluding steroid dienone is 6. The van der Waals surface area contributed by atoms with E-state index < -0.39 is 6.10 Å². The summed E-state index contributed by atoms with van der Waals surface area (Å²) in [5, 5.41) is 0. The largest absolute Gasteiger partial charge is 0.462 e. The molecular formula is C67H124O6. The lowest BCUT2D eigenvalue weighted by atomic mass is 10.0. The highest BCUT2D eigenvalue weighted by Gasteiger charge is 2.19. The molecular weight excluding hydrogens is 901 g/mol. The summed E-state index contributed by atoms with van der Waals surface area (Å²) in [6, 6.07) is 0. The lowest BCUT2D eigenvalue weighted by Crippen LogP contribution is -2.30. The van der Waals surface area contributed by atoms with E-state index in [-0.39, 0.29) is 31.1 Å². The number of carbonyl (C=O) groups excluding carboxylic acids is 3. The quantitative estimate of drug-likeness (QED) is 0.0261. The van der Waals surface area contributed by atoms with Crippen molar-refractivity contribution in [1.82, 2.24) is 0 Å². The molecule has 0 aliphatic heterocycles. The van der Waals surface area contributed by atoms with Gasteiger partial charge in [-0.1, -0.05) is 314 Å². The topological polar surface area (TPSA) is 78.9 Å². The minimum Gasteiger partial charge on any atom is -0.462 e. The molecule has 0 aliphatic rings. The van der Waals surface area contributed by atoms with E-state index in [0.717, 1.165) is 77.0 Å². The summed E-state index contributed by atoms with van der Waals surface area (Å²) >= 11 is 0. The third-order valence-electron chi connectivity index (χ3n) is 14.6. The molecule has 0 fully saturated rings. The van der Waals surface area contributed by atoms with Crippen molar-refractivity contribution in [3.8, 4) is 0 Å². The Bertz CT molecular complexity index is 1220. The maximum absolute atomic E-state index is 12.9. The van der Waals surface area contributed by atoms with Gasteiger partial charge in [0.25, 0.3) is 0 Å². The molecule has 0 aromatic rings. The van der Waals surface area contributed by atoms with Gasteiger partial charge in [-0.2, -0.15) is 0 Å². The van der Waals surface area contributed by atoms with E-state index in [1.807, 2.05) is 0 Å². The first-order valence-corrected chi connectivity index (χ1v) is 32.5. The van der Waals surface area contributed by atoms with Gasteiger partial charge < -0.3 is 14.2 Å². The van der Waals surface area contributed by atoms with Crippen molar-refractivity contribution in [2.45, 2.75) is 361 Å². The molecule has 6 heteroatoms. The molecule has 0 aromatic heterocycles. The SMILES string of the molecule is CCCCCCC/C=C\C/C=C\C/C=C\CCCCCCCCC(=O)OCC(COC(=O)CCCCCCCCCCCCCCC)OC(=O)CCCCCCCCCCCCCCCCCCCCCCC. The van der Waals surface area contributed by atoms with Crippen LogP contribution in [0.4, 0.5) is 0 Å². The minimum absolute atomic E-state index is 0.0710. The van der Waals surface area contributed by atoms with Crippen LogP contribution in [0.15, 0.2) is 36.5 Å². The molecule has 0 heterocycles. The standard InChI is InChI=1S/C67H124O6/c1-4-7-10-13-16-19-22-25-27-29-31-33-35-37-39-42-45-48-51-54-57-60-66(69)72-63-64(62-71-65(68)59-56-53-50-47-44-41-24-21-18-15-12-9-6-3)73-67(70)61-58-55-52-49-46-43-40-38-36-34-32-30-28-26-23-20-17-14-11-8-5-2/h22,25,29,31,35,37,64H,4-21,23-24,26-28,30,32-34,36,38-63H2,1-3H3/b25-22-,31-29-,37-35-. The summed E-state index contributed by atoms with van der Waals surface area (Å²) in [4.78, 5) is 38.3. The predicted octanol–water partition coefficient (Wildman–Crippen LogP) is 22.0. The van der Waals surface area contributed by atoms with E-state index >= 15 is 0 Å². The Balaban J connectivity index is 4.31. The van der Waals surface area contributed by atoms with Crippen LogP contribution >= 0.6 is 0 Å². The summed E-state index contributed by atoms with van der Waals surface area (Å²) in [5.74, 6) is -0.858. The molecule has 0 rings (SSSR count). The van der Waals surface area contributed by atoms with Crippen molar-refractivity contribution in [3.63, 3.8) is 0 Å². The van der Waals surface area contributed by atoms with Crippen LogP contribution in [-0.2, 0) is 28.6 Å². The van der Waals surface area contributed by atoms with Crippen LogP contribution in [0.3, 0.4) is 0 Å². The van der Waals surface area contributed by atoms with E-state index in [1.54, 1.807) is 0 Å². The van der Waals surface area contributed by atoms with E-state index in [1.165, 1.54) is 238 Å². The highest BCUT2D eigenvalue weighted by Crippen LogP contribution is 2.18. The molecule has 6 nitrogen and oxygen atoms in total. The number of rotatable bonds is 60. The summed E-state index contributed by atoms with van der Waals surface area (Å²) in [5.41, 5.74) is 0. The van der Waals surface area contributed by atoms with Crippen LogP contribution < -0.4 is 0 Å². The zero-order valence-corrected chi connectivity index (χ0v) is 49.2. The summed E-state index contributed by atoms with van der Waals surface area (Å²) in [6.45, 7) is 6.68. The van der Waals surface area contributed by atoms with E-state index in [4.69, 9.17) is 14.2 Å². The Morgan fingerprint density at radius 3 is 0.767 bits per heavy atom. The first-order valence-electron chi connectivity index (χ1n) is 32.5. The Kier molecular flexibility index (Phi) is 60.2. The number of hydrogen-bond acceptors (Lipinski definition) is 6. The third kappa shape index (κ3) is 60.4. The van der Waals surface area contributed by atoms with Gasteiger partial charge in [0.15, 0.2) is 6.10 Å². The monoisotopic (exact) mass is 1020 g/mol. The highest BCUT2D eigenvalue weighted by molar-refractivity contribution is 5.71. The second-order valence-electron chi connectivity index (χ2n) is 22.0. The lowest BCUT2D eigenvalue weighted by molar-refractivity contribution is -0.167. The second kappa shape index (κ2) is 62.2. The molecule has 0 amide bonds. The van der Waals surface area contributed by atoms with Crippen LogP contribution in [0.2, 0.25) is 0 Å². The summed E-state index contributed by atoms with van der Waals surface area (Å²) in [7, 11) is 0. The van der Waals surface area contributed by atoms with Gasteiger partial charge in [-0.05, 0) is 57.8 Å². The number of ether oxygens (including phenoxy) is 3. The first-order chi connectivity index (χ1) is 36.0. The zero-order chi connectivity index (χ0) is 52.9. The normalized spacial score (nSPS) is 12.2. The Labute approximate surface area is 455 Å². The second-order valence-corrected chi connectivity index (χ2v) is 22.0. The molecule has 0 bridgehead atoms. The maximum Gasteiger partial charge on any atom is 0.306 e. The third-order valence-corrected chi connectivity index (χ3v) is 14.6. The molecule has 0 aromatic carbocycles. The molecule has 0 N–H and O–H groups in total. The van der Waals surface area contributed by atoms with Crippen molar-refractivity contribution in [1.29, 1.82) is 0 Å². The van der Waals surface area contributed by atoms with Gasteiger partial charge in [-0.25, -0.2) is 0 Å². The lowest BCUT2D eigenvalue weighted by Gasteiger charge is -2.18. The fraction of sp³-hybridized carbons (Fsp3) is 0.866. The van der Waals surface area contributed by atoms with Gasteiger partial charge in [0, 0.05) is 19.3 Å². The Hall–Kier alpha value is -2.37. The van der Waals surface area contributed by atoms with Gasteiger partial charge in [0.2, 0.25) is 0 Å². The minimum atomic E-state index is -0.774. The molecule has 1 unspecified atom stereocenters. The number of hydrogen-bond donors (Lipinski definition) is 0. The van der Waals surface area contributed by atoms with Crippen LogP contribution in [0.25, 0.3) is 0 Å². The molecule has 0 spiro atoms. The fourth-order valence-electron chi connectivity index (χ4n) is 9.75. The van der Waals surface area contributed by atoms with Crippen molar-refractivity contribution in [2.75, 3.05) is 13.2 Å². The molecule has 0 saturated carbocycles. The van der Waals surface area contributed by atoms with Crippen LogP contribution in [0, 0.1) is 0 Å². The van der Waals surface area contributed by atoms with Gasteiger partial charge in [0.05, 0.1) is 0 Å². The summed E-state index contributed by atoms with van der Waals surface area (Å²) < 4.78 is 16.9. The van der Waals surface area contributed by atoms with Gasteiger partial charge in [-0.15, -0.1) is 0 Å². The van der Waals surface area contributed by atoms with Crippen molar-refractivity contribution >= 4 is 17.9 Å². The molecule has 73 heavy (non-hydrogen) atoms. The zero-order valence-electron chi connectivity index (χ0n) is 49.2. The van der Waals surface area contributed by atoms with E-state index in [2.05, 4.69) is 57.2 Å². The maximum atomic E-state index is 12.9. The van der Waals surface area contributed by atoms with Crippen molar-refractivity contribution in [2.24, 2.45) is 0 Å². The smallest absolute Gasteiger partial charge is 0.306 e. The van der Waals surface area contributed by atoms with Gasteiger partial charge in [-0.3, -0.25) is 14.4 Å². The molecule has 1 atom stereocenters. The van der Waals surface area contributed by atoms with E-state index in [0.29, 0.717) is 19.3 Å². The first kappa shape index (κ1) is 70.6. The molecule has 0 aliphatic carbocycles. The van der Waals surface area contributed by atoms with Crippen LogP contribution in [0.1, 0.15) is 355 Å². The number of esters is 3. The molecule has 0 radical (unpaired) electrons. The molecule has 0 saturated heterocycles. The fourth-order valence-corrected chi connectivity index (χ4v) is 9.75. The Morgan fingerprint density at radius 1 is 0.274 bits per heavy atom. The predicted molar refractivity (Wildman–Crippen MR) is 316 cm³/mol. The van der Waals surface area contributed by atoms with Crippen LogP contribution in [0.5, 0.6) is 0 Å². The summed E-state index contributed by atoms with van der Waals surface area (Å²) in [6.07, 6.45) is 75.8. The van der Waals surface area contributed by atoms with Gasteiger partial charge >= 0.3 is 17.9 Å². The van der Waals surface area contributed by atoms with Gasteiger partial charge in [0.1, 0.15) is 13.2 Å². The van der Waals surface area contributed by atoms with Crippen LogP contribution in [-0.4, -0.2) is 37.2 Å². The number of carbonyl (C=O) groups is 3. The number of unbranched alkanes of at least 4 members (excludes halogenated alkanes) is 43.